The molecule has 2 aromatic carbocycles. The zero-order valence-corrected chi connectivity index (χ0v) is 16.0. The molecule has 0 aliphatic carbocycles. The highest BCUT2D eigenvalue weighted by atomic mass is 19.1. The third-order valence-corrected chi connectivity index (χ3v) is 3.71. The molecule has 0 bridgehead atoms. The van der Waals surface area contributed by atoms with Crippen molar-refractivity contribution in [3.05, 3.63) is 66.2 Å². The Morgan fingerprint density at radius 2 is 1.80 bits per heavy atom. The fourth-order valence-electron chi connectivity index (χ4n) is 2.24. The van der Waals surface area contributed by atoms with Crippen LogP contribution in [0.25, 0.3) is 0 Å². The molecule has 0 spiro atoms. The first-order valence-electron chi connectivity index (χ1n) is 8.95. The lowest BCUT2D eigenvalue weighted by Gasteiger charge is -2.15. The van der Waals surface area contributed by atoms with E-state index in [1.165, 1.54) is 31.2 Å². The monoisotopic (exact) mass is 414 g/mol. The van der Waals surface area contributed by atoms with Crippen molar-refractivity contribution in [2.24, 2.45) is 0 Å². The number of tetrazole rings is 1. The minimum atomic E-state index is -0.915. The van der Waals surface area contributed by atoms with Crippen molar-refractivity contribution in [2.75, 3.05) is 0 Å². The lowest BCUT2D eigenvalue weighted by Crippen LogP contribution is -2.48. The summed E-state index contributed by atoms with van der Waals surface area (Å²) in [4.78, 5) is 25.0. The van der Waals surface area contributed by atoms with Gasteiger partial charge in [-0.15, -0.1) is 10.2 Å². The first-order valence-corrected chi connectivity index (χ1v) is 8.95. The number of rotatable bonds is 8. The molecule has 2 amide bonds. The lowest BCUT2D eigenvalue weighted by molar-refractivity contribution is -0.133. The maximum Gasteiger partial charge on any atom is 0.279 e. The molecular formula is C19H19FN6O4. The molecule has 2 N–H and O–H groups in total. The molecular weight excluding hydrogens is 395 g/mol. The van der Waals surface area contributed by atoms with E-state index in [-0.39, 0.29) is 13.2 Å². The number of hydrogen-bond donors (Lipinski definition) is 2. The normalized spacial score (nSPS) is 11.4. The van der Waals surface area contributed by atoms with E-state index in [1.807, 2.05) is 18.2 Å². The van der Waals surface area contributed by atoms with Gasteiger partial charge >= 0.3 is 0 Å². The van der Waals surface area contributed by atoms with Gasteiger partial charge in [0.15, 0.2) is 12.7 Å². The van der Waals surface area contributed by atoms with Crippen LogP contribution in [0.4, 0.5) is 4.39 Å². The Morgan fingerprint density at radius 1 is 1.07 bits per heavy atom. The summed E-state index contributed by atoms with van der Waals surface area (Å²) < 4.78 is 23.8. The van der Waals surface area contributed by atoms with Gasteiger partial charge in [0.2, 0.25) is 5.82 Å². The van der Waals surface area contributed by atoms with E-state index >= 15 is 0 Å². The molecule has 0 aliphatic heterocycles. The third-order valence-electron chi connectivity index (χ3n) is 3.71. The quantitative estimate of drug-likeness (QED) is 0.528. The van der Waals surface area contributed by atoms with E-state index in [4.69, 9.17) is 9.47 Å². The Hall–Kier alpha value is -4.02. The summed E-state index contributed by atoms with van der Waals surface area (Å²) in [6.45, 7) is 1.33. The SMILES string of the molecule is C[C@H](Oc1ccc(F)cc1)C(=O)NNC(=O)Cn1nnc(COc2ccccc2)n1. The molecule has 0 radical (unpaired) electrons. The predicted molar refractivity (Wildman–Crippen MR) is 101 cm³/mol. The van der Waals surface area contributed by atoms with Gasteiger partial charge in [0.1, 0.15) is 23.9 Å². The minimum absolute atomic E-state index is 0.0978. The van der Waals surface area contributed by atoms with E-state index in [0.29, 0.717) is 17.3 Å². The second kappa shape index (κ2) is 9.96. The van der Waals surface area contributed by atoms with Crippen LogP contribution in [0.5, 0.6) is 11.5 Å². The van der Waals surface area contributed by atoms with Gasteiger partial charge in [0, 0.05) is 0 Å². The summed E-state index contributed by atoms with van der Waals surface area (Å²) in [6, 6.07) is 14.4. The fraction of sp³-hybridized carbons (Fsp3) is 0.211. The van der Waals surface area contributed by atoms with Crippen molar-refractivity contribution in [1.82, 2.24) is 31.1 Å². The Morgan fingerprint density at radius 3 is 2.53 bits per heavy atom. The summed E-state index contributed by atoms with van der Waals surface area (Å²) in [6.07, 6.45) is -0.915. The van der Waals surface area contributed by atoms with Crippen molar-refractivity contribution in [2.45, 2.75) is 26.2 Å². The van der Waals surface area contributed by atoms with Gasteiger partial charge in [0.25, 0.3) is 11.8 Å². The van der Waals surface area contributed by atoms with Crippen molar-refractivity contribution >= 4 is 11.8 Å². The highest BCUT2D eigenvalue weighted by Crippen LogP contribution is 2.13. The van der Waals surface area contributed by atoms with E-state index in [2.05, 4.69) is 26.3 Å². The molecule has 1 atom stereocenters. The highest BCUT2D eigenvalue weighted by molar-refractivity contribution is 5.84. The van der Waals surface area contributed by atoms with Gasteiger partial charge in [-0.25, -0.2) is 4.39 Å². The van der Waals surface area contributed by atoms with Crippen LogP contribution in [0.3, 0.4) is 0 Å². The number of para-hydroxylation sites is 1. The number of amides is 2. The Bertz CT molecular complexity index is 980. The van der Waals surface area contributed by atoms with Crippen LogP contribution in [-0.2, 0) is 22.7 Å². The third kappa shape index (κ3) is 6.26. The largest absolute Gasteiger partial charge is 0.485 e. The first kappa shape index (κ1) is 20.7. The van der Waals surface area contributed by atoms with Crippen LogP contribution in [0, 0.1) is 5.82 Å². The number of benzene rings is 2. The fourth-order valence-corrected chi connectivity index (χ4v) is 2.24. The summed E-state index contributed by atoms with van der Waals surface area (Å²) in [7, 11) is 0. The number of carbonyl (C=O) groups excluding carboxylic acids is 2. The van der Waals surface area contributed by atoms with E-state index in [9.17, 15) is 14.0 Å². The standard InChI is InChI=1S/C19H19FN6O4/c1-13(30-16-9-7-14(20)8-10-16)19(28)23-22-18(27)11-26-24-17(21-25-26)12-29-15-5-3-2-4-6-15/h2-10,13H,11-12H2,1H3,(H,22,27)(H,23,28)/t13-/m0/s1. The van der Waals surface area contributed by atoms with Gasteiger partial charge in [-0.2, -0.15) is 4.80 Å². The van der Waals surface area contributed by atoms with Crippen LogP contribution >= 0.6 is 0 Å². The molecule has 156 valence electrons. The summed E-state index contributed by atoms with van der Waals surface area (Å²) in [5.41, 5.74) is 4.47. The Kier molecular flexibility index (Phi) is 6.87. The zero-order valence-electron chi connectivity index (χ0n) is 16.0. The molecule has 0 fully saturated rings. The number of hydrazine groups is 1. The number of nitrogens with zero attached hydrogens (tertiary/aromatic N) is 4. The lowest BCUT2D eigenvalue weighted by atomic mass is 10.3. The molecule has 30 heavy (non-hydrogen) atoms. The molecule has 1 heterocycles. The van der Waals surface area contributed by atoms with Gasteiger partial charge < -0.3 is 9.47 Å². The van der Waals surface area contributed by atoms with Crippen LogP contribution in [0.1, 0.15) is 12.7 Å². The van der Waals surface area contributed by atoms with Crippen molar-refractivity contribution < 1.29 is 23.5 Å². The molecule has 3 aromatic rings. The van der Waals surface area contributed by atoms with E-state index in [1.54, 1.807) is 12.1 Å². The Labute approximate surface area is 171 Å². The second-order valence-electron chi connectivity index (χ2n) is 6.09. The topological polar surface area (TPSA) is 120 Å². The second-order valence-corrected chi connectivity index (χ2v) is 6.09. The number of aromatic nitrogens is 4. The van der Waals surface area contributed by atoms with Crippen LogP contribution in [-0.4, -0.2) is 38.1 Å². The van der Waals surface area contributed by atoms with Gasteiger partial charge in [-0.05, 0) is 48.5 Å². The number of halogens is 1. The molecule has 0 saturated heterocycles. The summed E-state index contributed by atoms with van der Waals surface area (Å²) in [5, 5.41) is 11.6. The van der Waals surface area contributed by atoms with Gasteiger partial charge in [0.05, 0.1) is 0 Å². The molecule has 0 unspecified atom stereocenters. The first-order chi connectivity index (χ1) is 14.5. The number of carbonyl (C=O) groups is 2. The molecule has 0 aliphatic rings. The van der Waals surface area contributed by atoms with Gasteiger partial charge in [-0.1, -0.05) is 18.2 Å². The maximum absolute atomic E-state index is 12.9. The van der Waals surface area contributed by atoms with Crippen LogP contribution in [0.15, 0.2) is 54.6 Å². The average Bonchev–Trinajstić information content (AvgIpc) is 3.20. The summed E-state index contributed by atoms with van der Waals surface area (Å²) >= 11 is 0. The average molecular weight is 414 g/mol. The number of ether oxygens (including phenoxy) is 2. The van der Waals surface area contributed by atoms with Crippen molar-refractivity contribution in [1.29, 1.82) is 0 Å². The van der Waals surface area contributed by atoms with Crippen LogP contribution < -0.4 is 20.3 Å². The zero-order chi connectivity index (χ0) is 21.3. The number of nitrogens with one attached hydrogen (secondary N) is 2. The van der Waals surface area contributed by atoms with Crippen molar-refractivity contribution in [3.63, 3.8) is 0 Å². The molecule has 3 rings (SSSR count). The molecule has 1 aromatic heterocycles. The molecule has 10 nitrogen and oxygen atoms in total. The van der Waals surface area contributed by atoms with Crippen LogP contribution in [0.2, 0.25) is 0 Å². The van der Waals surface area contributed by atoms with Crippen molar-refractivity contribution in [3.8, 4) is 11.5 Å². The molecule has 11 heteroatoms. The van der Waals surface area contributed by atoms with E-state index in [0.717, 1.165) is 4.80 Å². The predicted octanol–water partition coefficient (Wildman–Crippen LogP) is 1.01. The number of hydrogen-bond acceptors (Lipinski definition) is 7. The van der Waals surface area contributed by atoms with Gasteiger partial charge in [-0.3, -0.25) is 20.4 Å². The maximum atomic E-state index is 12.9. The highest BCUT2D eigenvalue weighted by Gasteiger charge is 2.16. The summed E-state index contributed by atoms with van der Waals surface area (Å²) in [5.74, 6) is -0.282. The van der Waals surface area contributed by atoms with E-state index < -0.39 is 23.7 Å². The molecule has 0 saturated carbocycles. The Balaban J connectivity index is 1.40. The minimum Gasteiger partial charge on any atom is -0.485 e. The smallest absolute Gasteiger partial charge is 0.279 e.